The molecule has 0 bridgehead atoms. The Labute approximate surface area is 126 Å². The summed E-state index contributed by atoms with van der Waals surface area (Å²) >= 11 is 5.97. The number of anilines is 1. The van der Waals surface area contributed by atoms with Crippen molar-refractivity contribution in [2.24, 2.45) is 5.73 Å². The van der Waals surface area contributed by atoms with Crippen molar-refractivity contribution in [3.05, 3.63) is 58.4 Å². The highest BCUT2D eigenvalue weighted by atomic mass is 35.5. The van der Waals surface area contributed by atoms with E-state index in [1.165, 1.54) is 19.2 Å². The Morgan fingerprint density at radius 3 is 2.76 bits per heavy atom. The minimum absolute atomic E-state index is 0.157. The van der Waals surface area contributed by atoms with E-state index in [0.29, 0.717) is 27.6 Å². The van der Waals surface area contributed by atoms with Crippen molar-refractivity contribution >= 4 is 23.2 Å². The molecule has 0 saturated heterocycles. The number of hydrogen-bond donors (Lipinski definition) is 2. The quantitative estimate of drug-likeness (QED) is 0.891. The topological polar surface area (TPSA) is 64.3 Å². The molecule has 0 aliphatic carbocycles. The second-order valence-corrected chi connectivity index (χ2v) is 4.74. The van der Waals surface area contributed by atoms with E-state index in [0.717, 1.165) is 0 Å². The number of benzene rings is 2. The number of carbonyl (C=O) groups is 1. The molecular formula is C15H14ClFN2O2. The SMILES string of the molecule is COc1ccc(C(N)=O)cc1NCc1c(F)cccc1Cl. The maximum absolute atomic E-state index is 13.7. The number of carbonyl (C=O) groups excluding carboxylic acids is 1. The largest absolute Gasteiger partial charge is 0.495 e. The van der Waals surface area contributed by atoms with Gasteiger partial charge in [-0.05, 0) is 30.3 Å². The molecule has 0 aliphatic rings. The number of nitrogens with one attached hydrogen (secondary N) is 1. The zero-order valence-electron chi connectivity index (χ0n) is 11.3. The van der Waals surface area contributed by atoms with E-state index in [1.54, 1.807) is 24.3 Å². The number of amides is 1. The molecule has 1 amide bonds. The van der Waals surface area contributed by atoms with Crippen molar-refractivity contribution in [1.82, 2.24) is 0 Å². The maximum atomic E-state index is 13.7. The summed E-state index contributed by atoms with van der Waals surface area (Å²) < 4.78 is 18.9. The lowest BCUT2D eigenvalue weighted by molar-refractivity contribution is 0.100. The summed E-state index contributed by atoms with van der Waals surface area (Å²) in [7, 11) is 1.50. The van der Waals surface area contributed by atoms with E-state index in [2.05, 4.69) is 5.32 Å². The van der Waals surface area contributed by atoms with Crippen LogP contribution in [0.25, 0.3) is 0 Å². The fraction of sp³-hybridized carbons (Fsp3) is 0.133. The van der Waals surface area contributed by atoms with Crippen molar-refractivity contribution in [3.63, 3.8) is 0 Å². The minimum Gasteiger partial charge on any atom is -0.495 e. The molecular weight excluding hydrogens is 295 g/mol. The van der Waals surface area contributed by atoms with Crippen molar-refractivity contribution in [2.45, 2.75) is 6.54 Å². The summed E-state index contributed by atoms with van der Waals surface area (Å²) in [6.45, 7) is 0.157. The highest BCUT2D eigenvalue weighted by Gasteiger charge is 2.10. The van der Waals surface area contributed by atoms with Gasteiger partial charge in [0.05, 0.1) is 12.8 Å². The molecule has 0 aliphatic heterocycles. The number of hydrogen-bond acceptors (Lipinski definition) is 3. The first kappa shape index (κ1) is 15.1. The van der Waals surface area contributed by atoms with Gasteiger partial charge in [0.25, 0.3) is 0 Å². The second-order valence-electron chi connectivity index (χ2n) is 4.33. The van der Waals surface area contributed by atoms with Gasteiger partial charge in [-0.25, -0.2) is 4.39 Å². The van der Waals surface area contributed by atoms with Crippen LogP contribution in [0.3, 0.4) is 0 Å². The average Bonchev–Trinajstić information content (AvgIpc) is 2.46. The predicted octanol–water partition coefficient (Wildman–Crippen LogP) is 3.20. The summed E-state index contributed by atoms with van der Waals surface area (Å²) in [5, 5.41) is 3.33. The molecule has 6 heteroatoms. The summed E-state index contributed by atoms with van der Waals surface area (Å²) in [4.78, 5) is 11.2. The van der Waals surface area contributed by atoms with Crippen LogP contribution < -0.4 is 15.8 Å². The first-order chi connectivity index (χ1) is 10.0. The average molecular weight is 309 g/mol. The molecule has 2 aromatic carbocycles. The molecule has 4 nitrogen and oxygen atoms in total. The van der Waals surface area contributed by atoms with Crippen LogP contribution in [0.15, 0.2) is 36.4 Å². The Balaban J connectivity index is 2.26. The molecule has 3 N–H and O–H groups in total. The standard InChI is InChI=1S/C15H14ClFN2O2/c1-21-14-6-5-9(15(18)20)7-13(14)19-8-10-11(16)3-2-4-12(10)17/h2-7,19H,8H2,1H3,(H2,18,20). The van der Waals surface area contributed by atoms with Crippen LogP contribution in [-0.2, 0) is 6.54 Å². The Morgan fingerprint density at radius 1 is 1.38 bits per heavy atom. The fourth-order valence-electron chi connectivity index (χ4n) is 1.88. The maximum Gasteiger partial charge on any atom is 0.248 e. The van der Waals surface area contributed by atoms with Crippen molar-refractivity contribution in [1.29, 1.82) is 0 Å². The third kappa shape index (κ3) is 3.44. The summed E-state index contributed by atoms with van der Waals surface area (Å²) in [5.41, 5.74) is 6.45. The lowest BCUT2D eigenvalue weighted by Gasteiger charge is -2.13. The van der Waals surface area contributed by atoms with E-state index in [-0.39, 0.29) is 6.54 Å². The van der Waals surface area contributed by atoms with E-state index in [1.807, 2.05) is 0 Å². The molecule has 0 radical (unpaired) electrons. The first-order valence-electron chi connectivity index (χ1n) is 6.17. The van der Waals surface area contributed by atoms with Crippen molar-refractivity contribution in [3.8, 4) is 5.75 Å². The summed E-state index contributed by atoms with van der Waals surface area (Å²) in [5.74, 6) is -0.433. The third-order valence-electron chi connectivity index (χ3n) is 3.00. The van der Waals surface area contributed by atoms with Crippen LogP contribution in [0.1, 0.15) is 15.9 Å². The first-order valence-corrected chi connectivity index (χ1v) is 6.55. The van der Waals surface area contributed by atoms with Crippen LogP contribution in [0, 0.1) is 5.82 Å². The number of primary amides is 1. The van der Waals surface area contributed by atoms with Crippen LogP contribution in [0.4, 0.5) is 10.1 Å². The molecule has 21 heavy (non-hydrogen) atoms. The summed E-state index contributed by atoms with van der Waals surface area (Å²) in [6.07, 6.45) is 0. The van der Waals surface area contributed by atoms with Crippen molar-refractivity contribution in [2.75, 3.05) is 12.4 Å². The lowest BCUT2D eigenvalue weighted by Crippen LogP contribution is -2.12. The summed E-state index contributed by atoms with van der Waals surface area (Å²) in [6, 6.07) is 9.21. The van der Waals surface area contributed by atoms with Crippen LogP contribution in [-0.4, -0.2) is 13.0 Å². The van der Waals surface area contributed by atoms with Gasteiger partial charge in [-0.2, -0.15) is 0 Å². The highest BCUT2D eigenvalue weighted by molar-refractivity contribution is 6.31. The Bertz CT molecular complexity index is 656. The minimum atomic E-state index is -0.551. The van der Waals surface area contributed by atoms with Gasteiger partial charge < -0.3 is 15.8 Å². The van der Waals surface area contributed by atoms with Crippen molar-refractivity contribution < 1.29 is 13.9 Å². The molecule has 110 valence electrons. The third-order valence-corrected chi connectivity index (χ3v) is 3.36. The Kier molecular flexibility index (Phi) is 4.65. The molecule has 0 saturated carbocycles. The lowest BCUT2D eigenvalue weighted by atomic mass is 10.1. The van der Waals surface area contributed by atoms with Gasteiger partial charge >= 0.3 is 0 Å². The zero-order chi connectivity index (χ0) is 15.4. The molecule has 2 rings (SSSR count). The van der Waals surface area contributed by atoms with E-state index in [4.69, 9.17) is 22.1 Å². The molecule has 0 heterocycles. The number of nitrogens with two attached hydrogens (primary N) is 1. The molecule has 0 unspecified atom stereocenters. The molecule has 0 atom stereocenters. The highest BCUT2D eigenvalue weighted by Crippen LogP contribution is 2.27. The van der Waals surface area contributed by atoms with Gasteiger partial charge in [-0.15, -0.1) is 0 Å². The number of methoxy groups -OCH3 is 1. The number of halogens is 2. The fourth-order valence-corrected chi connectivity index (χ4v) is 2.11. The Hall–Kier alpha value is -2.27. The van der Waals surface area contributed by atoms with E-state index in [9.17, 15) is 9.18 Å². The monoisotopic (exact) mass is 308 g/mol. The molecule has 2 aromatic rings. The number of ether oxygens (including phenoxy) is 1. The zero-order valence-corrected chi connectivity index (χ0v) is 12.1. The van der Waals surface area contributed by atoms with E-state index < -0.39 is 11.7 Å². The van der Waals surface area contributed by atoms with Gasteiger partial charge in [0.15, 0.2) is 0 Å². The van der Waals surface area contributed by atoms with Gasteiger partial charge in [0.1, 0.15) is 11.6 Å². The molecule has 0 aromatic heterocycles. The van der Waals surface area contributed by atoms with Crippen LogP contribution in [0.2, 0.25) is 5.02 Å². The second kappa shape index (κ2) is 6.45. The van der Waals surface area contributed by atoms with Gasteiger partial charge in [-0.1, -0.05) is 17.7 Å². The van der Waals surface area contributed by atoms with Gasteiger partial charge in [0, 0.05) is 22.7 Å². The van der Waals surface area contributed by atoms with Crippen LogP contribution >= 0.6 is 11.6 Å². The molecule has 0 spiro atoms. The van der Waals surface area contributed by atoms with E-state index >= 15 is 0 Å². The normalized spacial score (nSPS) is 10.2. The van der Waals surface area contributed by atoms with Gasteiger partial charge in [-0.3, -0.25) is 4.79 Å². The predicted molar refractivity (Wildman–Crippen MR) is 80.2 cm³/mol. The van der Waals surface area contributed by atoms with Gasteiger partial charge in [0.2, 0.25) is 5.91 Å². The van der Waals surface area contributed by atoms with Crippen LogP contribution in [0.5, 0.6) is 5.75 Å². The number of rotatable bonds is 5. The molecule has 0 fully saturated rings. The Morgan fingerprint density at radius 2 is 2.14 bits per heavy atom. The smallest absolute Gasteiger partial charge is 0.248 e.